The van der Waals surface area contributed by atoms with E-state index in [1.54, 1.807) is 0 Å². The van der Waals surface area contributed by atoms with E-state index in [-0.39, 0.29) is 5.02 Å². The summed E-state index contributed by atoms with van der Waals surface area (Å²) in [5.41, 5.74) is 6.00. The fraction of sp³-hybridized carbons (Fsp3) is 0.417. The van der Waals surface area contributed by atoms with Crippen LogP contribution in [0.15, 0.2) is 18.2 Å². The Labute approximate surface area is 104 Å². The van der Waals surface area contributed by atoms with Gasteiger partial charge in [-0.3, -0.25) is 4.79 Å². The highest BCUT2D eigenvalue weighted by molar-refractivity contribution is 6.31. The second-order valence-electron chi connectivity index (χ2n) is 3.91. The predicted molar refractivity (Wildman–Crippen MR) is 64.5 cm³/mol. The van der Waals surface area contributed by atoms with Gasteiger partial charge in [-0.1, -0.05) is 17.7 Å². The molecule has 0 heterocycles. The number of carboxylic acid groups (broad SMARTS) is 1. The van der Waals surface area contributed by atoms with Crippen molar-refractivity contribution in [2.75, 3.05) is 6.54 Å². The molecular weight excluding hydrogens is 245 g/mol. The van der Waals surface area contributed by atoms with Crippen LogP contribution in [0.4, 0.5) is 4.39 Å². The van der Waals surface area contributed by atoms with Crippen LogP contribution in [0.1, 0.15) is 18.4 Å². The molecule has 3 N–H and O–H groups in total. The van der Waals surface area contributed by atoms with Crippen molar-refractivity contribution in [2.45, 2.75) is 19.3 Å². The van der Waals surface area contributed by atoms with Crippen molar-refractivity contribution >= 4 is 17.6 Å². The maximum Gasteiger partial charge on any atom is 0.306 e. The summed E-state index contributed by atoms with van der Waals surface area (Å²) < 4.78 is 12.8. The van der Waals surface area contributed by atoms with Gasteiger partial charge in [0.05, 0.1) is 5.92 Å². The molecule has 0 saturated heterocycles. The number of halogens is 2. The smallest absolute Gasteiger partial charge is 0.306 e. The summed E-state index contributed by atoms with van der Waals surface area (Å²) >= 11 is 5.85. The van der Waals surface area contributed by atoms with Crippen LogP contribution in [-0.2, 0) is 11.2 Å². The second-order valence-corrected chi connectivity index (χ2v) is 4.31. The molecule has 0 bridgehead atoms. The van der Waals surface area contributed by atoms with E-state index in [1.807, 2.05) is 0 Å². The Bertz CT molecular complexity index is 398. The third kappa shape index (κ3) is 4.32. The predicted octanol–water partition coefficient (Wildman–Crippen LogP) is 2.46. The number of carboxylic acids is 1. The van der Waals surface area contributed by atoms with Gasteiger partial charge in [0.25, 0.3) is 0 Å². The second kappa shape index (κ2) is 6.57. The third-order valence-electron chi connectivity index (χ3n) is 2.59. The number of rotatable bonds is 6. The lowest BCUT2D eigenvalue weighted by atomic mass is 9.95. The van der Waals surface area contributed by atoms with Crippen LogP contribution in [0.2, 0.25) is 5.02 Å². The van der Waals surface area contributed by atoms with Gasteiger partial charge in [-0.25, -0.2) is 4.39 Å². The molecule has 0 saturated carbocycles. The summed E-state index contributed by atoms with van der Waals surface area (Å²) in [5, 5.41) is 9.32. The zero-order chi connectivity index (χ0) is 12.8. The fourth-order valence-corrected chi connectivity index (χ4v) is 1.87. The van der Waals surface area contributed by atoms with E-state index in [1.165, 1.54) is 18.2 Å². The zero-order valence-electron chi connectivity index (χ0n) is 9.33. The van der Waals surface area contributed by atoms with E-state index >= 15 is 0 Å². The zero-order valence-corrected chi connectivity index (χ0v) is 10.1. The van der Waals surface area contributed by atoms with Crippen molar-refractivity contribution in [3.05, 3.63) is 34.6 Å². The first kappa shape index (κ1) is 13.9. The lowest BCUT2D eigenvalue weighted by molar-refractivity contribution is -0.141. The van der Waals surface area contributed by atoms with Crippen molar-refractivity contribution < 1.29 is 14.3 Å². The van der Waals surface area contributed by atoms with Crippen molar-refractivity contribution in [1.29, 1.82) is 0 Å². The molecule has 1 aromatic rings. The van der Waals surface area contributed by atoms with Gasteiger partial charge in [-0.2, -0.15) is 0 Å². The van der Waals surface area contributed by atoms with E-state index in [0.29, 0.717) is 31.4 Å². The Morgan fingerprint density at radius 1 is 1.53 bits per heavy atom. The topological polar surface area (TPSA) is 63.3 Å². The van der Waals surface area contributed by atoms with Gasteiger partial charge >= 0.3 is 5.97 Å². The van der Waals surface area contributed by atoms with Gasteiger partial charge in [0, 0.05) is 5.02 Å². The summed E-state index contributed by atoms with van der Waals surface area (Å²) in [4.78, 5) is 11.0. The summed E-state index contributed by atoms with van der Waals surface area (Å²) in [5.74, 6) is -1.83. The molecule has 0 aliphatic carbocycles. The molecule has 1 atom stereocenters. The molecule has 94 valence electrons. The molecule has 0 fully saturated rings. The number of carbonyl (C=O) groups is 1. The first-order chi connectivity index (χ1) is 8.04. The summed E-state index contributed by atoms with van der Waals surface area (Å²) in [6.07, 6.45) is 1.45. The van der Waals surface area contributed by atoms with Crippen LogP contribution >= 0.6 is 11.6 Å². The minimum absolute atomic E-state index is 0.268. The van der Waals surface area contributed by atoms with Crippen LogP contribution < -0.4 is 5.73 Å². The number of benzene rings is 1. The first-order valence-corrected chi connectivity index (χ1v) is 5.79. The molecule has 1 rings (SSSR count). The molecule has 0 radical (unpaired) electrons. The fourth-order valence-electron chi connectivity index (χ4n) is 1.63. The molecule has 5 heteroatoms. The Kier molecular flexibility index (Phi) is 5.38. The molecule has 1 aromatic carbocycles. The van der Waals surface area contributed by atoms with Crippen molar-refractivity contribution in [2.24, 2.45) is 11.7 Å². The average Bonchev–Trinajstić information content (AvgIpc) is 2.26. The molecule has 0 aliphatic rings. The maximum atomic E-state index is 12.8. The molecule has 0 aromatic heterocycles. The van der Waals surface area contributed by atoms with Gasteiger partial charge in [0.2, 0.25) is 0 Å². The van der Waals surface area contributed by atoms with Crippen molar-refractivity contribution in [3.8, 4) is 0 Å². The Morgan fingerprint density at radius 2 is 2.24 bits per heavy atom. The molecule has 0 aliphatic heterocycles. The number of aliphatic carboxylic acids is 1. The van der Waals surface area contributed by atoms with E-state index in [4.69, 9.17) is 22.4 Å². The Hall–Kier alpha value is -1.13. The minimum Gasteiger partial charge on any atom is -0.481 e. The first-order valence-electron chi connectivity index (χ1n) is 5.41. The lowest BCUT2D eigenvalue weighted by Crippen LogP contribution is -2.18. The van der Waals surface area contributed by atoms with Gasteiger partial charge in [0.1, 0.15) is 5.82 Å². The van der Waals surface area contributed by atoms with Gasteiger partial charge in [0.15, 0.2) is 0 Å². The van der Waals surface area contributed by atoms with Crippen LogP contribution in [-0.4, -0.2) is 17.6 Å². The van der Waals surface area contributed by atoms with E-state index in [9.17, 15) is 9.18 Å². The quantitative estimate of drug-likeness (QED) is 0.825. The highest BCUT2D eigenvalue weighted by atomic mass is 35.5. The average molecular weight is 260 g/mol. The van der Waals surface area contributed by atoms with Crippen LogP contribution in [0.3, 0.4) is 0 Å². The number of nitrogens with two attached hydrogens (primary N) is 1. The largest absolute Gasteiger partial charge is 0.481 e. The molecule has 3 nitrogen and oxygen atoms in total. The van der Waals surface area contributed by atoms with Crippen molar-refractivity contribution in [1.82, 2.24) is 0 Å². The van der Waals surface area contributed by atoms with E-state index in [0.717, 1.165) is 0 Å². The summed E-state index contributed by atoms with van der Waals surface area (Å²) in [6, 6.07) is 4.00. The van der Waals surface area contributed by atoms with E-state index < -0.39 is 17.7 Å². The normalized spacial score (nSPS) is 12.4. The van der Waals surface area contributed by atoms with Crippen LogP contribution in [0.25, 0.3) is 0 Å². The monoisotopic (exact) mass is 259 g/mol. The maximum absolute atomic E-state index is 12.8. The minimum atomic E-state index is -0.876. The molecule has 0 amide bonds. The van der Waals surface area contributed by atoms with E-state index in [2.05, 4.69) is 0 Å². The number of hydrogen-bond donors (Lipinski definition) is 2. The van der Waals surface area contributed by atoms with Crippen LogP contribution in [0.5, 0.6) is 0 Å². The molecular formula is C12H15ClFNO2. The number of hydrogen-bond acceptors (Lipinski definition) is 2. The van der Waals surface area contributed by atoms with Gasteiger partial charge in [-0.15, -0.1) is 0 Å². The Morgan fingerprint density at radius 3 is 2.76 bits per heavy atom. The van der Waals surface area contributed by atoms with Gasteiger partial charge in [-0.05, 0) is 43.5 Å². The van der Waals surface area contributed by atoms with Crippen LogP contribution in [0, 0.1) is 11.7 Å². The summed E-state index contributed by atoms with van der Waals surface area (Å²) in [6.45, 7) is 0.459. The standard InChI is InChI=1S/C12H15ClFNO2/c13-11-7-10(14)4-3-8(11)6-9(12(16)17)2-1-5-15/h3-4,7,9H,1-2,5-6,15H2,(H,16,17). The third-order valence-corrected chi connectivity index (χ3v) is 2.94. The SMILES string of the molecule is NCCCC(Cc1ccc(F)cc1Cl)C(=O)O. The highest BCUT2D eigenvalue weighted by Crippen LogP contribution is 2.22. The Balaban J connectivity index is 2.75. The summed E-state index contributed by atoms with van der Waals surface area (Å²) in [7, 11) is 0. The molecule has 17 heavy (non-hydrogen) atoms. The molecule has 0 spiro atoms. The lowest BCUT2D eigenvalue weighted by Gasteiger charge is -2.12. The highest BCUT2D eigenvalue weighted by Gasteiger charge is 2.18. The molecule has 1 unspecified atom stereocenters. The van der Waals surface area contributed by atoms with Gasteiger partial charge < -0.3 is 10.8 Å². The van der Waals surface area contributed by atoms with Crippen molar-refractivity contribution in [3.63, 3.8) is 0 Å².